The lowest BCUT2D eigenvalue weighted by atomic mass is 9.85. The molecule has 2 heterocycles. The van der Waals surface area contributed by atoms with Crippen molar-refractivity contribution in [1.82, 2.24) is 10.2 Å². The summed E-state index contributed by atoms with van der Waals surface area (Å²) in [6.45, 7) is 1.15. The molecular weight excluding hydrogens is 236 g/mol. The van der Waals surface area contributed by atoms with Gasteiger partial charge in [0.25, 0.3) is 0 Å². The molecule has 4 rings (SSSR count). The van der Waals surface area contributed by atoms with E-state index in [0.717, 1.165) is 29.1 Å². The van der Waals surface area contributed by atoms with Crippen LogP contribution in [0.25, 0.3) is 10.9 Å². The number of nitrogens with one attached hydrogen (secondary N) is 1. The first-order valence-electron chi connectivity index (χ1n) is 7.32. The van der Waals surface area contributed by atoms with Crippen molar-refractivity contribution in [2.75, 3.05) is 17.2 Å². The Morgan fingerprint density at radius 1 is 1.21 bits per heavy atom. The average molecular weight is 256 g/mol. The number of nitrogens with two attached hydrogens (primary N) is 1. The van der Waals surface area contributed by atoms with E-state index in [0.29, 0.717) is 6.04 Å². The average Bonchev–Trinajstić information content (AvgIpc) is 3.03. The Morgan fingerprint density at radius 2 is 2.11 bits per heavy atom. The Kier molecular flexibility index (Phi) is 2.43. The summed E-state index contributed by atoms with van der Waals surface area (Å²) in [6.07, 6.45) is 8.65. The smallest absolute Gasteiger partial charge is 0.0672 e. The van der Waals surface area contributed by atoms with Gasteiger partial charge in [0.15, 0.2) is 0 Å². The molecule has 0 amide bonds. The number of nitrogens with zero attached hydrogens (tertiary/aromatic N) is 2. The minimum Gasteiger partial charge on any atom is -0.397 e. The van der Waals surface area contributed by atoms with Crippen molar-refractivity contribution in [3.8, 4) is 0 Å². The summed E-state index contributed by atoms with van der Waals surface area (Å²) in [6, 6.07) is 4.93. The molecule has 1 saturated heterocycles. The molecule has 1 aliphatic heterocycles. The molecule has 2 unspecified atom stereocenters. The first-order valence-corrected chi connectivity index (χ1v) is 7.32. The molecule has 2 aliphatic rings. The van der Waals surface area contributed by atoms with E-state index in [1.54, 1.807) is 0 Å². The van der Waals surface area contributed by atoms with Crippen molar-refractivity contribution < 1.29 is 0 Å². The van der Waals surface area contributed by atoms with E-state index in [1.165, 1.54) is 37.8 Å². The van der Waals surface area contributed by atoms with Gasteiger partial charge in [-0.2, -0.15) is 5.10 Å². The largest absolute Gasteiger partial charge is 0.397 e. The predicted octanol–water partition coefficient (Wildman–Crippen LogP) is 2.91. The quantitative estimate of drug-likeness (QED) is 0.771. The van der Waals surface area contributed by atoms with Crippen LogP contribution >= 0.6 is 0 Å². The molecule has 100 valence electrons. The molecule has 3 N–H and O–H groups in total. The first-order chi connectivity index (χ1) is 9.33. The zero-order valence-electron chi connectivity index (χ0n) is 11.1. The molecule has 1 saturated carbocycles. The molecule has 0 bridgehead atoms. The van der Waals surface area contributed by atoms with E-state index in [9.17, 15) is 0 Å². The fourth-order valence-electron chi connectivity index (χ4n) is 3.95. The summed E-state index contributed by atoms with van der Waals surface area (Å²) >= 11 is 0. The number of hydrogen-bond acceptors (Lipinski definition) is 3. The molecule has 2 fully saturated rings. The number of fused-ring (bicyclic) bond motifs is 2. The van der Waals surface area contributed by atoms with Gasteiger partial charge in [0.1, 0.15) is 0 Å². The van der Waals surface area contributed by atoms with Gasteiger partial charge in [-0.1, -0.05) is 12.8 Å². The maximum atomic E-state index is 6.26. The standard InChI is InChI=1S/C15H20N4/c16-12-7-11-9-17-18-13(11)8-15(12)19-6-5-10-3-1-2-4-14(10)19/h7-10,14H,1-6,16H2,(H,17,18). The molecule has 4 nitrogen and oxygen atoms in total. The minimum atomic E-state index is 0.705. The van der Waals surface area contributed by atoms with Crippen molar-refractivity contribution >= 4 is 22.3 Å². The minimum absolute atomic E-state index is 0.705. The Morgan fingerprint density at radius 3 is 3.05 bits per heavy atom. The third kappa shape index (κ3) is 1.70. The van der Waals surface area contributed by atoms with Gasteiger partial charge >= 0.3 is 0 Å². The lowest BCUT2D eigenvalue weighted by Crippen LogP contribution is -2.35. The second kappa shape index (κ2) is 4.15. The summed E-state index contributed by atoms with van der Waals surface area (Å²) in [5.74, 6) is 0.880. The Hall–Kier alpha value is -1.71. The van der Waals surface area contributed by atoms with Gasteiger partial charge in [0, 0.05) is 18.0 Å². The molecular formula is C15H20N4. The van der Waals surface area contributed by atoms with Gasteiger partial charge in [-0.3, -0.25) is 5.10 Å². The number of benzene rings is 1. The van der Waals surface area contributed by atoms with Crippen molar-refractivity contribution in [1.29, 1.82) is 0 Å². The highest BCUT2D eigenvalue weighted by Gasteiger charge is 2.36. The Balaban J connectivity index is 1.75. The topological polar surface area (TPSA) is 57.9 Å². The van der Waals surface area contributed by atoms with Crippen LogP contribution < -0.4 is 10.6 Å². The van der Waals surface area contributed by atoms with Crippen LogP contribution in [-0.2, 0) is 0 Å². The molecule has 1 aromatic heterocycles. The maximum absolute atomic E-state index is 6.26. The number of rotatable bonds is 1. The zero-order chi connectivity index (χ0) is 12.8. The van der Waals surface area contributed by atoms with Crippen LogP contribution in [0.15, 0.2) is 18.3 Å². The van der Waals surface area contributed by atoms with Crippen molar-refractivity contribution in [2.24, 2.45) is 5.92 Å². The Labute approximate surface area is 113 Å². The van der Waals surface area contributed by atoms with Gasteiger partial charge in [-0.15, -0.1) is 0 Å². The van der Waals surface area contributed by atoms with E-state index < -0.39 is 0 Å². The number of hydrogen-bond donors (Lipinski definition) is 2. The van der Waals surface area contributed by atoms with Crippen molar-refractivity contribution in [2.45, 2.75) is 38.1 Å². The highest BCUT2D eigenvalue weighted by Crippen LogP contribution is 2.41. The van der Waals surface area contributed by atoms with Gasteiger partial charge in [-0.05, 0) is 37.3 Å². The van der Waals surface area contributed by atoms with Crippen LogP contribution in [0.2, 0.25) is 0 Å². The van der Waals surface area contributed by atoms with E-state index >= 15 is 0 Å². The highest BCUT2D eigenvalue weighted by molar-refractivity contribution is 5.89. The van der Waals surface area contributed by atoms with Crippen LogP contribution in [0.1, 0.15) is 32.1 Å². The number of aromatic amines is 1. The van der Waals surface area contributed by atoms with Crippen LogP contribution in [0.5, 0.6) is 0 Å². The van der Waals surface area contributed by atoms with E-state index in [1.807, 2.05) is 12.3 Å². The number of nitrogen functional groups attached to an aromatic ring is 1. The number of anilines is 2. The van der Waals surface area contributed by atoms with Gasteiger partial charge < -0.3 is 10.6 Å². The molecule has 2 aromatic rings. The van der Waals surface area contributed by atoms with Crippen molar-refractivity contribution in [3.05, 3.63) is 18.3 Å². The Bertz CT molecular complexity index is 603. The molecule has 0 spiro atoms. The molecule has 1 aliphatic carbocycles. The maximum Gasteiger partial charge on any atom is 0.0672 e. The summed E-state index contributed by atoms with van der Waals surface area (Å²) in [5, 5.41) is 8.24. The summed E-state index contributed by atoms with van der Waals surface area (Å²) < 4.78 is 0. The van der Waals surface area contributed by atoms with Crippen LogP contribution in [0, 0.1) is 5.92 Å². The number of aromatic nitrogens is 2. The lowest BCUT2D eigenvalue weighted by molar-refractivity contribution is 0.342. The fourth-order valence-corrected chi connectivity index (χ4v) is 3.95. The third-order valence-electron chi connectivity index (χ3n) is 4.91. The van der Waals surface area contributed by atoms with E-state index in [-0.39, 0.29) is 0 Å². The molecule has 19 heavy (non-hydrogen) atoms. The fraction of sp³-hybridized carbons (Fsp3) is 0.533. The van der Waals surface area contributed by atoms with Crippen molar-refractivity contribution in [3.63, 3.8) is 0 Å². The normalized spacial score (nSPS) is 26.8. The highest BCUT2D eigenvalue weighted by atomic mass is 15.2. The van der Waals surface area contributed by atoms with Crippen LogP contribution in [-0.4, -0.2) is 22.8 Å². The molecule has 4 heteroatoms. The van der Waals surface area contributed by atoms with Gasteiger partial charge in [0.2, 0.25) is 0 Å². The monoisotopic (exact) mass is 256 g/mol. The SMILES string of the molecule is Nc1cc2cn[nH]c2cc1N1CCC2CCCCC21. The van der Waals surface area contributed by atoms with Gasteiger partial charge in [0.05, 0.1) is 23.1 Å². The summed E-state index contributed by atoms with van der Waals surface area (Å²) in [4.78, 5) is 2.54. The number of H-pyrrole nitrogens is 1. The van der Waals surface area contributed by atoms with E-state index in [4.69, 9.17) is 5.73 Å². The summed E-state index contributed by atoms with van der Waals surface area (Å²) in [5.41, 5.74) is 9.44. The summed E-state index contributed by atoms with van der Waals surface area (Å²) in [7, 11) is 0. The second-order valence-corrected chi connectivity index (χ2v) is 5.96. The first kappa shape index (κ1) is 11.1. The third-order valence-corrected chi connectivity index (χ3v) is 4.91. The molecule has 2 atom stereocenters. The zero-order valence-corrected chi connectivity index (χ0v) is 11.1. The second-order valence-electron chi connectivity index (χ2n) is 5.96. The molecule has 1 aromatic carbocycles. The van der Waals surface area contributed by atoms with Crippen LogP contribution in [0.4, 0.5) is 11.4 Å². The predicted molar refractivity (Wildman–Crippen MR) is 78.2 cm³/mol. The molecule has 0 radical (unpaired) electrons. The van der Waals surface area contributed by atoms with Crippen LogP contribution in [0.3, 0.4) is 0 Å². The lowest BCUT2D eigenvalue weighted by Gasteiger charge is -2.33. The van der Waals surface area contributed by atoms with Gasteiger partial charge in [-0.25, -0.2) is 0 Å². The van der Waals surface area contributed by atoms with E-state index in [2.05, 4.69) is 21.2 Å².